The van der Waals surface area contributed by atoms with Crippen LogP contribution in [0, 0.1) is 22.7 Å². The molecule has 0 heterocycles. The average molecular weight is 251 g/mol. The summed E-state index contributed by atoms with van der Waals surface area (Å²) < 4.78 is 0. The van der Waals surface area contributed by atoms with Crippen LogP contribution >= 0.6 is 0 Å². The van der Waals surface area contributed by atoms with Crippen LogP contribution in [0.3, 0.4) is 0 Å². The lowest BCUT2D eigenvalue weighted by molar-refractivity contribution is 0.243. The lowest BCUT2D eigenvalue weighted by Gasteiger charge is -2.28. The fraction of sp³-hybridized carbons (Fsp3) is 0.941. The minimum absolute atomic E-state index is 0.140. The number of hydrogen-bond donors (Lipinski definition) is 0. The summed E-state index contributed by atoms with van der Waals surface area (Å²) in [6.45, 7) is 8.75. The highest BCUT2D eigenvalue weighted by atomic mass is 14.4. The van der Waals surface area contributed by atoms with Crippen LogP contribution in [0.1, 0.15) is 91.9 Å². The molecule has 0 amide bonds. The Morgan fingerprint density at radius 2 is 1.28 bits per heavy atom. The van der Waals surface area contributed by atoms with E-state index in [0.717, 1.165) is 0 Å². The molecule has 1 nitrogen and oxygen atoms in total. The summed E-state index contributed by atoms with van der Waals surface area (Å²) >= 11 is 0. The van der Waals surface area contributed by atoms with E-state index in [1.54, 1.807) is 0 Å². The van der Waals surface area contributed by atoms with Crippen molar-refractivity contribution in [3.8, 4) is 6.07 Å². The van der Waals surface area contributed by atoms with E-state index in [0.29, 0.717) is 5.92 Å². The molecule has 0 aromatic rings. The number of nitrogens with zero attached hydrogens (tertiary/aromatic N) is 1. The summed E-state index contributed by atoms with van der Waals surface area (Å²) in [5.74, 6) is 0.594. The van der Waals surface area contributed by atoms with Gasteiger partial charge in [0.05, 0.1) is 11.5 Å². The van der Waals surface area contributed by atoms with Crippen LogP contribution in [0.5, 0.6) is 0 Å². The zero-order valence-corrected chi connectivity index (χ0v) is 13.1. The molecule has 18 heavy (non-hydrogen) atoms. The first-order chi connectivity index (χ1) is 8.58. The summed E-state index contributed by atoms with van der Waals surface area (Å²) in [5, 5.41) is 9.32. The smallest absolute Gasteiger partial charge is 0.0686 e. The van der Waals surface area contributed by atoms with Crippen molar-refractivity contribution in [1.29, 1.82) is 5.26 Å². The topological polar surface area (TPSA) is 23.8 Å². The molecule has 0 aromatic carbocycles. The molecule has 0 atom stereocenters. The summed E-state index contributed by atoms with van der Waals surface area (Å²) in [7, 11) is 0. The number of hydrogen-bond acceptors (Lipinski definition) is 1. The molecule has 0 N–H and O–H groups in total. The van der Waals surface area contributed by atoms with E-state index in [4.69, 9.17) is 0 Å². The molecule has 0 fully saturated rings. The minimum Gasteiger partial charge on any atom is -0.198 e. The second kappa shape index (κ2) is 10.4. The van der Waals surface area contributed by atoms with E-state index in [-0.39, 0.29) is 5.41 Å². The van der Waals surface area contributed by atoms with E-state index < -0.39 is 0 Å². The quantitative estimate of drug-likeness (QED) is 0.407. The van der Waals surface area contributed by atoms with Crippen LogP contribution < -0.4 is 0 Å². The molecule has 0 radical (unpaired) electrons. The molecule has 106 valence electrons. The second-order valence-corrected chi connectivity index (χ2v) is 6.23. The van der Waals surface area contributed by atoms with Gasteiger partial charge < -0.3 is 0 Å². The van der Waals surface area contributed by atoms with Gasteiger partial charge in [-0.3, -0.25) is 0 Å². The van der Waals surface area contributed by atoms with Gasteiger partial charge in [0.1, 0.15) is 0 Å². The first kappa shape index (κ1) is 17.5. The highest BCUT2D eigenvalue weighted by Gasteiger charge is 2.28. The largest absolute Gasteiger partial charge is 0.198 e. The van der Waals surface area contributed by atoms with E-state index in [1.807, 2.05) is 0 Å². The molecule has 0 saturated carbocycles. The molecule has 0 aliphatic heterocycles. The lowest BCUT2D eigenvalue weighted by Crippen LogP contribution is -2.22. The Labute approximate surface area is 115 Å². The first-order valence-corrected chi connectivity index (χ1v) is 7.99. The van der Waals surface area contributed by atoms with Gasteiger partial charge in [-0.1, -0.05) is 65.2 Å². The molecule has 0 aliphatic rings. The molecule has 1 heteroatoms. The van der Waals surface area contributed by atoms with Crippen molar-refractivity contribution in [2.75, 3.05) is 0 Å². The molecular weight excluding hydrogens is 218 g/mol. The highest BCUT2D eigenvalue weighted by molar-refractivity contribution is 4.96. The van der Waals surface area contributed by atoms with E-state index in [2.05, 4.69) is 33.8 Å². The van der Waals surface area contributed by atoms with Gasteiger partial charge in [0, 0.05) is 0 Å². The molecule has 0 rings (SSSR count). The SMILES string of the molecule is CCCCCCC(CCCCCC)C(C)(C)C#N. The molecule has 0 aliphatic carbocycles. The Morgan fingerprint density at radius 1 is 0.833 bits per heavy atom. The molecule has 0 aromatic heterocycles. The third-order valence-corrected chi connectivity index (χ3v) is 4.12. The van der Waals surface area contributed by atoms with Gasteiger partial charge in [-0.25, -0.2) is 0 Å². The molecule has 0 bridgehead atoms. The first-order valence-electron chi connectivity index (χ1n) is 7.99. The third kappa shape index (κ3) is 7.75. The lowest BCUT2D eigenvalue weighted by atomic mass is 9.74. The van der Waals surface area contributed by atoms with Crippen molar-refractivity contribution < 1.29 is 0 Å². The molecular formula is C17H33N. The Morgan fingerprint density at radius 3 is 1.61 bits per heavy atom. The van der Waals surface area contributed by atoms with Crippen LogP contribution in [0.25, 0.3) is 0 Å². The standard InChI is InChI=1S/C17H33N/c1-5-7-9-11-13-16(17(3,4)15-18)14-12-10-8-6-2/h16H,5-14H2,1-4H3. The maximum Gasteiger partial charge on any atom is 0.0686 e. The molecule has 0 saturated heterocycles. The van der Waals surface area contributed by atoms with E-state index in [9.17, 15) is 5.26 Å². The Hall–Kier alpha value is -0.510. The maximum atomic E-state index is 9.32. The minimum atomic E-state index is -0.140. The van der Waals surface area contributed by atoms with Gasteiger partial charge >= 0.3 is 0 Å². The van der Waals surface area contributed by atoms with Crippen LogP contribution in [-0.2, 0) is 0 Å². The summed E-state index contributed by atoms with van der Waals surface area (Å²) in [5.41, 5.74) is -0.140. The second-order valence-electron chi connectivity index (χ2n) is 6.23. The van der Waals surface area contributed by atoms with Crippen molar-refractivity contribution in [3.63, 3.8) is 0 Å². The van der Waals surface area contributed by atoms with Gasteiger partial charge in [-0.15, -0.1) is 0 Å². The summed E-state index contributed by atoms with van der Waals surface area (Å²) in [6.07, 6.45) is 13.0. The Bertz CT molecular complexity index is 212. The van der Waals surface area contributed by atoms with Crippen molar-refractivity contribution >= 4 is 0 Å². The number of nitriles is 1. The summed E-state index contributed by atoms with van der Waals surface area (Å²) in [4.78, 5) is 0. The predicted octanol–water partition coefficient (Wildman–Crippen LogP) is 6.09. The highest BCUT2D eigenvalue weighted by Crippen LogP contribution is 2.34. The van der Waals surface area contributed by atoms with Crippen molar-refractivity contribution in [2.45, 2.75) is 91.9 Å². The van der Waals surface area contributed by atoms with Gasteiger partial charge in [-0.2, -0.15) is 5.26 Å². The van der Waals surface area contributed by atoms with E-state index in [1.165, 1.54) is 64.2 Å². The van der Waals surface area contributed by atoms with Crippen molar-refractivity contribution in [2.24, 2.45) is 11.3 Å². The van der Waals surface area contributed by atoms with Gasteiger partial charge in [-0.05, 0) is 32.6 Å². The van der Waals surface area contributed by atoms with Gasteiger partial charge in [0.25, 0.3) is 0 Å². The molecule has 0 spiro atoms. The zero-order valence-electron chi connectivity index (χ0n) is 13.1. The van der Waals surface area contributed by atoms with Gasteiger partial charge in [0.15, 0.2) is 0 Å². The van der Waals surface area contributed by atoms with Crippen molar-refractivity contribution in [3.05, 3.63) is 0 Å². The van der Waals surface area contributed by atoms with Crippen LogP contribution in [0.2, 0.25) is 0 Å². The number of rotatable bonds is 11. The summed E-state index contributed by atoms with van der Waals surface area (Å²) in [6, 6.07) is 2.52. The van der Waals surface area contributed by atoms with Crippen molar-refractivity contribution in [1.82, 2.24) is 0 Å². The van der Waals surface area contributed by atoms with Crippen LogP contribution in [-0.4, -0.2) is 0 Å². The normalized spacial score (nSPS) is 11.8. The van der Waals surface area contributed by atoms with E-state index >= 15 is 0 Å². The maximum absolute atomic E-state index is 9.32. The van der Waals surface area contributed by atoms with Crippen LogP contribution in [0.4, 0.5) is 0 Å². The third-order valence-electron chi connectivity index (χ3n) is 4.12. The average Bonchev–Trinajstić information content (AvgIpc) is 2.36. The Balaban J connectivity index is 4.06. The van der Waals surface area contributed by atoms with Gasteiger partial charge in [0.2, 0.25) is 0 Å². The molecule has 0 unspecified atom stereocenters. The Kier molecular flexibility index (Phi) is 10.1. The predicted molar refractivity (Wildman–Crippen MR) is 80.4 cm³/mol. The zero-order chi connectivity index (χ0) is 13.9. The fourth-order valence-electron chi connectivity index (χ4n) is 2.59. The van der Waals surface area contributed by atoms with Crippen LogP contribution in [0.15, 0.2) is 0 Å². The monoisotopic (exact) mass is 251 g/mol. The number of unbranched alkanes of at least 4 members (excludes halogenated alkanes) is 6. The fourth-order valence-corrected chi connectivity index (χ4v) is 2.59.